The van der Waals surface area contributed by atoms with Gasteiger partial charge in [-0.25, -0.2) is 0 Å². The van der Waals surface area contributed by atoms with Crippen LogP contribution in [-0.4, -0.2) is 0 Å². The lowest BCUT2D eigenvalue weighted by Crippen LogP contribution is -1.92. The van der Waals surface area contributed by atoms with Gasteiger partial charge in [0.25, 0.3) is 0 Å². The molecule has 0 atom stereocenters. The van der Waals surface area contributed by atoms with E-state index in [1.165, 1.54) is 143 Å². The molecule has 3 nitrogen and oxygen atoms in total. The van der Waals surface area contributed by atoms with Crippen molar-refractivity contribution >= 4 is 152 Å². The van der Waals surface area contributed by atoms with Crippen molar-refractivity contribution < 1.29 is 20.1 Å². The molecule has 0 unspecified atom stereocenters. The number of hydrogen-bond donors (Lipinski definition) is 0. The van der Waals surface area contributed by atoms with E-state index in [0.29, 0.717) is 5.56 Å². The highest BCUT2D eigenvalue weighted by Gasteiger charge is 2.26. The van der Waals surface area contributed by atoms with E-state index in [2.05, 4.69) is 431 Å². The highest BCUT2D eigenvalue weighted by atomic mass is 16.3. The van der Waals surface area contributed by atoms with Crippen molar-refractivity contribution in [2.24, 2.45) is 0 Å². The molecule has 0 radical (unpaired) electrons. The Hall–Kier alpha value is -18.8. The minimum absolute atomic E-state index is 0.204. The van der Waals surface area contributed by atoms with E-state index in [9.17, 15) is 0 Å². The van der Waals surface area contributed by atoms with E-state index in [0.717, 1.165) is 132 Å². The lowest BCUT2D eigenvalue weighted by atomic mass is 9.84. The van der Waals surface area contributed by atoms with Gasteiger partial charge in [0, 0.05) is 37.9 Å². The fourth-order valence-corrected chi connectivity index (χ4v) is 22.5. The normalized spacial score (nSPS) is 12.1. The van der Waals surface area contributed by atoms with Crippen LogP contribution in [0.3, 0.4) is 0 Å². The second-order valence-electron chi connectivity index (χ2n) is 36.9. The number of hydrogen-bond acceptors (Lipinski definition) is 3. The van der Waals surface area contributed by atoms with Gasteiger partial charge in [-0.3, -0.25) is 0 Å². The summed E-state index contributed by atoms with van der Waals surface area (Å²) < 4.78 is 62.2. The van der Waals surface area contributed by atoms with Crippen LogP contribution in [0.4, 0.5) is 0 Å². The first kappa shape index (κ1) is 78.3. The van der Waals surface area contributed by atoms with Gasteiger partial charge in [-0.1, -0.05) is 449 Å². The minimum atomic E-state index is -0.401. The summed E-state index contributed by atoms with van der Waals surface area (Å²) in [6.45, 7) is 0. The van der Waals surface area contributed by atoms with Gasteiger partial charge in [-0.15, -0.1) is 0 Å². The van der Waals surface area contributed by atoms with Crippen molar-refractivity contribution in [2.45, 2.75) is 0 Å². The number of fused-ring (bicyclic) bond motifs is 17. The van der Waals surface area contributed by atoms with Crippen molar-refractivity contribution in [3.63, 3.8) is 0 Å². The van der Waals surface area contributed by atoms with Crippen LogP contribution in [0.25, 0.3) is 286 Å². The first-order valence-corrected chi connectivity index (χ1v) is 48.7. The summed E-state index contributed by atoms with van der Waals surface area (Å²) in [7, 11) is 0. The maximum absolute atomic E-state index is 8.84. The molecule has 29 aromatic rings. The number of para-hydroxylation sites is 2. The molecule has 3 heteroatoms. The minimum Gasteiger partial charge on any atom is -0.456 e. The van der Waals surface area contributed by atoms with E-state index in [1.54, 1.807) is 0 Å². The Morgan fingerprint density at radius 1 is 0.133 bits per heavy atom. The lowest BCUT2D eigenvalue weighted by Gasteiger charge is -2.19. The largest absolute Gasteiger partial charge is 0.456 e. The van der Waals surface area contributed by atoms with Gasteiger partial charge in [0.15, 0.2) is 0 Å². The van der Waals surface area contributed by atoms with Crippen LogP contribution in [0, 0.1) is 0 Å². The maximum Gasteiger partial charge on any atom is 0.143 e. The Morgan fingerprint density at radius 3 is 0.937 bits per heavy atom. The van der Waals surface area contributed by atoms with Gasteiger partial charge in [0.2, 0.25) is 0 Å². The zero-order valence-electron chi connectivity index (χ0n) is 82.6. The first-order valence-electron chi connectivity index (χ1n) is 51.2. The molecule has 0 saturated carbocycles. The molecular formula is C140H88O3. The monoisotopic (exact) mass is 1820 g/mol. The summed E-state index contributed by atoms with van der Waals surface area (Å²) in [6.07, 6.45) is 0. The molecule has 0 saturated heterocycles. The summed E-state index contributed by atoms with van der Waals surface area (Å²) in [5.74, 6) is 0. The average Bonchev–Trinajstić information content (AvgIpc) is 1.70. The van der Waals surface area contributed by atoms with Gasteiger partial charge < -0.3 is 13.3 Å². The SMILES string of the molecule is [2H]c1c([2H])c([2H])c(-c2c3ccccc3c(-c3ccc4oc5ccc(-c6cccc(-c7ccccc7)c6)cc5c4c3)c3ccccc23)c([2H])c1[2H].c1ccc(-c2c3ccccc3c(-c3cc(-c4ccc5oc6c(-c7ccccc7)cccc6c5c4)c4ccccc4c3)c3ccccc23)cc1.c1ccc(-c2cc(-c3cc(-c4c5ccccc5c(-c5ccccc5)c5ccccc45)cc4ccccc34)c3c(c2)oc2ccccc23)cc1. The summed E-state index contributed by atoms with van der Waals surface area (Å²) in [6, 6.07) is 177. The van der Waals surface area contributed by atoms with E-state index in [4.69, 9.17) is 20.1 Å². The van der Waals surface area contributed by atoms with E-state index >= 15 is 0 Å². The van der Waals surface area contributed by atoms with Gasteiger partial charge in [-0.2, -0.15) is 0 Å². The summed E-state index contributed by atoms with van der Waals surface area (Å²) in [5.41, 5.74) is 31.9. The summed E-state index contributed by atoms with van der Waals surface area (Å²) in [4.78, 5) is 0. The predicted molar refractivity (Wildman–Crippen MR) is 606 cm³/mol. The molecule has 3 aromatic heterocycles. The highest BCUT2D eigenvalue weighted by Crippen LogP contribution is 2.53. The van der Waals surface area contributed by atoms with E-state index in [1.807, 2.05) is 72.8 Å². The number of rotatable bonds is 12. The quantitative estimate of drug-likeness (QED) is 0.114. The lowest BCUT2D eigenvalue weighted by molar-refractivity contribution is 0.668. The van der Waals surface area contributed by atoms with Crippen LogP contribution in [0.2, 0.25) is 0 Å². The molecule has 143 heavy (non-hydrogen) atoms. The van der Waals surface area contributed by atoms with Gasteiger partial charge in [-0.05, 0) is 299 Å². The molecule has 26 aromatic carbocycles. The summed E-state index contributed by atoms with van der Waals surface area (Å²) >= 11 is 0. The molecule has 29 rings (SSSR count). The molecule has 0 N–H and O–H groups in total. The second-order valence-corrected chi connectivity index (χ2v) is 36.9. The Balaban J connectivity index is 0.000000110. The molecule has 666 valence electrons. The third kappa shape index (κ3) is 14.7. The Labute approximate surface area is 833 Å². The van der Waals surface area contributed by atoms with Crippen LogP contribution in [0.15, 0.2) is 547 Å². The van der Waals surface area contributed by atoms with Crippen LogP contribution in [0.5, 0.6) is 0 Å². The predicted octanol–water partition coefficient (Wildman–Crippen LogP) is 40.0. The smallest absolute Gasteiger partial charge is 0.143 e. The van der Waals surface area contributed by atoms with Crippen LogP contribution < -0.4 is 0 Å². The molecular weight excluding hydrogens is 1730 g/mol. The molecule has 0 aliphatic heterocycles. The topological polar surface area (TPSA) is 39.4 Å². The molecule has 0 amide bonds. The van der Waals surface area contributed by atoms with Crippen LogP contribution >= 0.6 is 0 Å². The summed E-state index contributed by atoms with van der Waals surface area (Å²) in [5, 5.41) is 25.0. The highest BCUT2D eigenvalue weighted by molar-refractivity contribution is 6.27. The number of furan rings is 3. The zero-order valence-corrected chi connectivity index (χ0v) is 77.6. The second kappa shape index (κ2) is 35.3. The Morgan fingerprint density at radius 2 is 0.441 bits per heavy atom. The van der Waals surface area contributed by atoms with Crippen LogP contribution in [-0.2, 0) is 0 Å². The van der Waals surface area contributed by atoms with E-state index < -0.39 is 6.04 Å². The standard InChI is InChI=1S/2C48H30O.C44H28O/c1-3-15-31(16-4-1)34-28-43(48-41-25-13-14-26-44(41)49-45(48)30-34)42-29-35(27-33-19-7-8-20-36(33)42)47-39-23-11-9-21-37(39)46(32-17-5-2-6-18-32)38-22-10-12-24-40(38)47;1-3-14-31(15-4-1)37-24-13-25-42-44-29-34(26-27-45(44)49-48(37)42)43-30-35(28-33-18-7-8-19-36(33)43)47-40-22-11-9-20-38(40)46(32-16-5-2-6-17-32)39-21-10-12-23-41(39)47;1-3-12-29(13-4-1)31-16-11-17-32(26-31)33-22-24-41-39(27-33)40-28-34(23-25-42(40)45-41)44-37-20-9-7-18-35(37)43(30-14-5-2-6-15-30)36-19-8-10-21-38(36)44/h2*1-30H;1-28H/i;;2D,5D,6D,14D,15D. The fraction of sp³-hybridized carbons (Fsp3) is 0. The fourth-order valence-electron chi connectivity index (χ4n) is 22.5. The zero-order chi connectivity index (χ0) is 98.7. The van der Waals surface area contributed by atoms with Crippen molar-refractivity contribution in [2.75, 3.05) is 0 Å². The third-order valence-corrected chi connectivity index (χ3v) is 28.8. The van der Waals surface area contributed by atoms with Crippen LogP contribution in [0.1, 0.15) is 6.85 Å². The Bertz CT molecular complexity index is 10200. The third-order valence-electron chi connectivity index (χ3n) is 28.8. The first-order chi connectivity index (χ1) is 73.0. The maximum atomic E-state index is 8.84. The van der Waals surface area contributed by atoms with Crippen molar-refractivity contribution in [3.8, 4) is 134 Å². The average molecular weight is 1820 g/mol. The molecule has 0 fully saturated rings. The number of benzene rings is 26. The van der Waals surface area contributed by atoms with Crippen molar-refractivity contribution in [1.29, 1.82) is 0 Å². The molecule has 0 aliphatic carbocycles. The van der Waals surface area contributed by atoms with Gasteiger partial charge in [0.05, 0.1) is 6.85 Å². The van der Waals surface area contributed by atoms with Crippen molar-refractivity contribution in [3.05, 3.63) is 534 Å². The van der Waals surface area contributed by atoms with Gasteiger partial charge >= 0.3 is 0 Å². The van der Waals surface area contributed by atoms with E-state index in [-0.39, 0.29) is 29.7 Å². The molecule has 0 aliphatic rings. The van der Waals surface area contributed by atoms with Gasteiger partial charge in [0.1, 0.15) is 33.5 Å². The Kier molecular flexibility index (Phi) is 19.3. The van der Waals surface area contributed by atoms with Crippen molar-refractivity contribution in [1.82, 2.24) is 0 Å². The molecule has 0 bridgehead atoms. The molecule has 0 spiro atoms. The molecule has 3 heterocycles.